The number of amides is 1. The molecule has 42 heavy (non-hydrogen) atoms. The Hall–Kier alpha value is -3.46. The number of carbonyl (C=O) groups is 1. The summed E-state index contributed by atoms with van der Waals surface area (Å²) in [5.74, 6) is 0.495. The van der Waals surface area contributed by atoms with Gasteiger partial charge in [0.25, 0.3) is 15.9 Å². The maximum Gasteiger partial charge on any atom is 0.264 e. The molecule has 2 heterocycles. The molecule has 0 spiro atoms. The summed E-state index contributed by atoms with van der Waals surface area (Å²) < 4.78 is 35.9. The predicted molar refractivity (Wildman–Crippen MR) is 165 cm³/mol. The number of aromatic nitrogens is 2. The van der Waals surface area contributed by atoms with E-state index in [-0.39, 0.29) is 40.4 Å². The normalized spacial score (nSPS) is 19.4. The number of aryl methyl sites for hydroxylation is 1. The van der Waals surface area contributed by atoms with E-state index in [1.54, 1.807) is 12.1 Å². The molecule has 224 valence electrons. The third-order valence-corrected chi connectivity index (χ3v) is 9.50. The molecule has 1 saturated carbocycles. The van der Waals surface area contributed by atoms with Crippen molar-refractivity contribution in [3.8, 4) is 17.1 Å². The van der Waals surface area contributed by atoms with Gasteiger partial charge in [0.05, 0.1) is 16.6 Å². The summed E-state index contributed by atoms with van der Waals surface area (Å²) >= 11 is 0. The molecule has 5 rings (SSSR count). The molecule has 2 aromatic carbocycles. The van der Waals surface area contributed by atoms with Gasteiger partial charge in [-0.3, -0.25) is 4.79 Å². The van der Waals surface area contributed by atoms with E-state index in [0.717, 1.165) is 23.1 Å². The fourth-order valence-corrected chi connectivity index (χ4v) is 7.18. The maximum atomic E-state index is 13.5. The molecular weight excluding hydrogens is 548 g/mol. The first kappa shape index (κ1) is 30.0. The molecule has 1 fully saturated rings. The van der Waals surface area contributed by atoms with Gasteiger partial charge in [0.2, 0.25) is 11.8 Å². The van der Waals surface area contributed by atoms with Crippen molar-refractivity contribution >= 4 is 21.9 Å². The lowest BCUT2D eigenvalue weighted by molar-refractivity contribution is 0.0903. The molecular formula is C33H42N4O4S. The number of nitrogens with one attached hydrogen (secondary N) is 2. The average Bonchev–Trinajstić information content (AvgIpc) is 2.93. The SMILES string of the molecule is Cc1cccc(CC2CCCCC2)c1-c1nc2nc(c1C)OC[C@@H](CC(C)(C)C)NC(=O)c1cccc(c1)S(=O)(=O)N2. The fourth-order valence-electron chi connectivity index (χ4n) is 6.19. The van der Waals surface area contributed by atoms with Gasteiger partial charge in [0, 0.05) is 16.7 Å². The number of nitrogens with zero attached hydrogens (tertiary/aromatic N) is 2. The molecule has 3 aromatic rings. The van der Waals surface area contributed by atoms with Crippen LogP contribution in [0.25, 0.3) is 11.3 Å². The number of hydrogen-bond acceptors (Lipinski definition) is 6. The van der Waals surface area contributed by atoms with Crippen molar-refractivity contribution < 1.29 is 17.9 Å². The van der Waals surface area contributed by atoms with Crippen LogP contribution in [-0.2, 0) is 16.4 Å². The van der Waals surface area contributed by atoms with Crippen molar-refractivity contribution in [1.29, 1.82) is 0 Å². The van der Waals surface area contributed by atoms with Crippen molar-refractivity contribution in [2.45, 2.75) is 90.5 Å². The highest BCUT2D eigenvalue weighted by molar-refractivity contribution is 7.92. The maximum absolute atomic E-state index is 13.5. The first-order valence-electron chi connectivity index (χ1n) is 14.9. The molecule has 1 aromatic heterocycles. The number of hydrogen-bond donors (Lipinski definition) is 2. The lowest BCUT2D eigenvalue weighted by atomic mass is 9.82. The van der Waals surface area contributed by atoms with E-state index in [1.807, 2.05) is 6.92 Å². The third kappa shape index (κ3) is 6.94. The largest absolute Gasteiger partial charge is 0.475 e. The Morgan fingerprint density at radius 1 is 1.00 bits per heavy atom. The second-order valence-corrected chi connectivity index (χ2v) is 14.7. The van der Waals surface area contributed by atoms with Crippen LogP contribution in [0.3, 0.4) is 0 Å². The highest BCUT2D eigenvalue weighted by Gasteiger charge is 2.27. The second-order valence-electron chi connectivity index (χ2n) is 13.0. The van der Waals surface area contributed by atoms with Crippen LogP contribution in [0.5, 0.6) is 5.88 Å². The van der Waals surface area contributed by atoms with Gasteiger partial charge in [0.1, 0.15) is 6.61 Å². The zero-order valence-corrected chi connectivity index (χ0v) is 26.1. The van der Waals surface area contributed by atoms with Crippen LogP contribution in [-0.4, -0.2) is 36.9 Å². The monoisotopic (exact) mass is 590 g/mol. The van der Waals surface area contributed by atoms with Crippen molar-refractivity contribution in [3.63, 3.8) is 0 Å². The van der Waals surface area contributed by atoms with Crippen LogP contribution in [0.2, 0.25) is 0 Å². The molecule has 0 saturated heterocycles. The highest BCUT2D eigenvalue weighted by atomic mass is 32.2. The number of rotatable bonds is 4. The Balaban J connectivity index is 1.63. The zero-order valence-electron chi connectivity index (χ0n) is 25.3. The molecule has 2 aliphatic rings. The van der Waals surface area contributed by atoms with E-state index in [0.29, 0.717) is 23.9 Å². The van der Waals surface area contributed by atoms with Crippen LogP contribution in [0.1, 0.15) is 86.3 Å². The van der Waals surface area contributed by atoms with Gasteiger partial charge < -0.3 is 10.1 Å². The summed E-state index contributed by atoms with van der Waals surface area (Å²) in [6.45, 7) is 10.5. The number of ether oxygens (including phenoxy) is 1. The summed E-state index contributed by atoms with van der Waals surface area (Å²) in [5, 5.41) is 3.06. The van der Waals surface area contributed by atoms with Gasteiger partial charge in [-0.25, -0.2) is 18.1 Å². The molecule has 1 aliphatic heterocycles. The second kappa shape index (κ2) is 12.0. The van der Waals surface area contributed by atoms with Gasteiger partial charge >= 0.3 is 0 Å². The van der Waals surface area contributed by atoms with Gasteiger partial charge in [0.15, 0.2) is 0 Å². The Morgan fingerprint density at radius 2 is 1.74 bits per heavy atom. The first-order chi connectivity index (χ1) is 19.9. The van der Waals surface area contributed by atoms with Gasteiger partial charge in [-0.2, -0.15) is 4.98 Å². The lowest BCUT2D eigenvalue weighted by Gasteiger charge is -2.27. The van der Waals surface area contributed by atoms with Gasteiger partial charge in [-0.15, -0.1) is 0 Å². The van der Waals surface area contributed by atoms with E-state index in [9.17, 15) is 13.2 Å². The van der Waals surface area contributed by atoms with Crippen LogP contribution in [0.15, 0.2) is 47.4 Å². The number of anilines is 1. The Kier molecular flexibility index (Phi) is 8.60. The van der Waals surface area contributed by atoms with Crippen LogP contribution < -0.4 is 14.8 Å². The van der Waals surface area contributed by atoms with E-state index in [1.165, 1.54) is 49.8 Å². The summed E-state index contributed by atoms with van der Waals surface area (Å²) in [7, 11) is -4.09. The number of carbonyl (C=O) groups excluding carboxylic acids is 1. The minimum absolute atomic E-state index is 0.0381. The standard InChI is InChI=1S/C33H42N4O4S/c1-21-11-9-14-24(17-23-12-7-6-8-13-23)28(21)29-22(2)31-36-32(35-29)37-42(39,40)27-16-10-15-25(18-27)30(38)34-26(20-41-31)19-33(3,4)5/h9-11,14-16,18,23,26H,6-8,12-13,17,19-20H2,1-5H3,(H,34,38)(H,35,36,37)/t26-/m1/s1. The van der Waals surface area contributed by atoms with Crippen molar-refractivity contribution in [1.82, 2.24) is 15.3 Å². The Labute approximate surface area is 249 Å². The van der Waals surface area contributed by atoms with Gasteiger partial charge in [-0.05, 0) is 67.3 Å². The van der Waals surface area contributed by atoms with Crippen LogP contribution in [0, 0.1) is 25.2 Å². The van der Waals surface area contributed by atoms with E-state index in [4.69, 9.17) is 9.72 Å². The molecule has 4 bridgehead atoms. The molecule has 1 aliphatic carbocycles. The topological polar surface area (TPSA) is 110 Å². The van der Waals surface area contributed by atoms with E-state index < -0.39 is 10.0 Å². The molecule has 8 nitrogen and oxygen atoms in total. The smallest absolute Gasteiger partial charge is 0.264 e. The summed E-state index contributed by atoms with van der Waals surface area (Å²) in [4.78, 5) is 22.5. The van der Waals surface area contributed by atoms with Crippen molar-refractivity contribution in [2.75, 3.05) is 11.3 Å². The van der Waals surface area contributed by atoms with Crippen LogP contribution in [0.4, 0.5) is 5.95 Å². The molecule has 1 amide bonds. The molecule has 9 heteroatoms. The third-order valence-electron chi connectivity index (χ3n) is 8.18. The van der Waals surface area contributed by atoms with E-state index >= 15 is 0 Å². The minimum Gasteiger partial charge on any atom is -0.475 e. The number of sulfonamides is 1. The lowest BCUT2D eigenvalue weighted by Crippen LogP contribution is -2.41. The minimum atomic E-state index is -4.09. The highest BCUT2D eigenvalue weighted by Crippen LogP contribution is 2.37. The Morgan fingerprint density at radius 3 is 2.48 bits per heavy atom. The summed E-state index contributed by atoms with van der Waals surface area (Å²) in [6.07, 6.45) is 7.86. The predicted octanol–water partition coefficient (Wildman–Crippen LogP) is 6.61. The number of fused-ring (bicyclic) bond motifs is 4. The molecule has 1 atom stereocenters. The average molecular weight is 591 g/mol. The Bertz CT molecular complexity index is 1570. The molecule has 0 radical (unpaired) electrons. The molecule has 2 N–H and O–H groups in total. The molecule has 0 unspecified atom stereocenters. The number of benzene rings is 2. The zero-order chi connectivity index (χ0) is 30.1. The fraction of sp³-hybridized carbons (Fsp3) is 0.485. The summed E-state index contributed by atoms with van der Waals surface area (Å²) in [5.41, 5.74) is 4.82. The quantitative estimate of drug-likeness (QED) is 0.354. The van der Waals surface area contributed by atoms with Crippen molar-refractivity contribution in [2.24, 2.45) is 11.3 Å². The van der Waals surface area contributed by atoms with Crippen LogP contribution >= 0.6 is 0 Å². The van der Waals surface area contributed by atoms with Gasteiger partial charge in [-0.1, -0.05) is 77.1 Å². The summed E-state index contributed by atoms with van der Waals surface area (Å²) in [6, 6.07) is 12.0. The first-order valence-corrected chi connectivity index (χ1v) is 16.4. The van der Waals surface area contributed by atoms with E-state index in [2.05, 4.69) is 60.9 Å². The van der Waals surface area contributed by atoms with Crippen molar-refractivity contribution in [3.05, 3.63) is 64.7 Å².